The molecule has 2 heterocycles. The van der Waals surface area contributed by atoms with Gasteiger partial charge in [-0.05, 0) is 24.8 Å². The van der Waals surface area contributed by atoms with Crippen molar-refractivity contribution < 1.29 is 9.21 Å². The van der Waals surface area contributed by atoms with E-state index in [4.69, 9.17) is 10.2 Å². The lowest BCUT2D eigenvalue weighted by Crippen LogP contribution is -2.49. The van der Waals surface area contributed by atoms with Crippen LogP contribution in [-0.2, 0) is 6.42 Å². The van der Waals surface area contributed by atoms with Gasteiger partial charge in [-0.15, -0.1) is 0 Å². The Bertz CT molecular complexity index is 428. The number of rotatable bonds is 4. The summed E-state index contributed by atoms with van der Waals surface area (Å²) in [4.78, 5) is 14.6. The molecule has 0 bridgehead atoms. The molecule has 1 aromatic rings. The molecule has 0 spiro atoms. The first-order valence-corrected chi connectivity index (χ1v) is 7.28. The normalized spacial score (nSPS) is 23.6. The van der Waals surface area contributed by atoms with Crippen molar-refractivity contribution in [2.75, 3.05) is 13.1 Å². The van der Waals surface area contributed by atoms with E-state index in [1.165, 1.54) is 6.42 Å². The minimum Gasteiger partial charge on any atom is -0.469 e. The molecule has 1 saturated heterocycles. The zero-order valence-electron chi connectivity index (χ0n) is 11.9. The van der Waals surface area contributed by atoms with Crippen LogP contribution in [0.5, 0.6) is 0 Å². The number of furan rings is 1. The SMILES string of the molecule is CCc1occc1C(=O)N1CCC(CC)CC1CN. The standard InChI is InChI=1S/C15H24N2O2/c1-3-11-5-7-17(12(9-11)10-16)15(18)13-6-8-19-14(13)4-2/h6,8,11-12H,3-5,7,9-10,16H2,1-2H3. The fourth-order valence-corrected chi connectivity index (χ4v) is 2.96. The predicted molar refractivity (Wildman–Crippen MR) is 75.0 cm³/mol. The maximum absolute atomic E-state index is 12.6. The molecule has 1 aliphatic heterocycles. The summed E-state index contributed by atoms with van der Waals surface area (Å²) in [6.45, 7) is 5.56. The van der Waals surface area contributed by atoms with E-state index in [1.807, 2.05) is 11.8 Å². The van der Waals surface area contributed by atoms with Gasteiger partial charge >= 0.3 is 0 Å². The fraction of sp³-hybridized carbons (Fsp3) is 0.667. The van der Waals surface area contributed by atoms with Gasteiger partial charge in [0.25, 0.3) is 5.91 Å². The first-order valence-electron chi connectivity index (χ1n) is 7.28. The van der Waals surface area contributed by atoms with E-state index in [0.29, 0.717) is 18.0 Å². The minimum atomic E-state index is 0.0793. The lowest BCUT2D eigenvalue weighted by Gasteiger charge is -2.38. The maximum Gasteiger partial charge on any atom is 0.257 e. The molecule has 106 valence electrons. The zero-order valence-corrected chi connectivity index (χ0v) is 11.9. The molecular weight excluding hydrogens is 240 g/mol. The Morgan fingerprint density at radius 3 is 2.95 bits per heavy atom. The molecule has 1 aromatic heterocycles. The molecule has 2 N–H and O–H groups in total. The number of amides is 1. The summed E-state index contributed by atoms with van der Waals surface area (Å²) in [7, 11) is 0. The van der Waals surface area contributed by atoms with Crippen molar-refractivity contribution in [1.82, 2.24) is 4.90 Å². The van der Waals surface area contributed by atoms with Crippen LogP contribution in [0.15, 0.2) is 16.7 Å². The summed E-state index contributed by atoms with van der Waals surface area (Å²) in [5.41, 5.74) is 6.56. The molecule has 0 radical (unpaired) electrons. The number of hydrogen-bond donors (Lipinski definition) is 1. The van der Waals surface area contributed by atoms with Crippen LogP contribution in [0, 0.1) is 5.92 Å². The third-order valence-corrected chi connectivity index (χ3v) is 4.23. The summed E-state index contributed by atoms with van der Waals surface area (Å²) in [6.07, 6.45) is 5.62. The van der Waals surface area contributed by atoms with Crippen LogP contribution in [0.1, 0.15) is 49.2 Å². The zero-order chi connectivity index (χ0) is 13.8. The van der Waals surface area contributed by atoms with Gasteiger partial charge in [-0.2, -0.15) is 0 Å². The van der Waals surface area contributed by atoms with Crippen LogP contribution in [0.3, 0.4) is 0 Å². The largest absolute Gasteiger partial charge is 0.469 e. The average Bonchev–Trinajstić information content (AvgIpc) is 2.94. The Morgan fingerprint density at radius 2 is 2.32 bits per heavy atom. The Labute approximate surface area is 114 Å². The van der Waals surface area contributed by atoms with E-state index in [2.05, 4.69) is 6.92 Å². The second kappa shape index (κ2) is 6.24. The van der Waals surface area contributed by atoms with Gasteiger partial charge in [0.2, 0.25) is 0 Å². The average molecular weight is 264 g/mol. The van der Waals surface area contributed by atoms with Crippen LogP contribution >= 0.6 is 0 Å². The molecular formula is C15H24N2O2. The molecule has 4 nitrogen and oxygen atoms in total. The molecule has 2 rings (SSSR count). The number of likely N-dealkylation sites (tertiary alicyclic amines) is 1. The number of nitrogens with two attached hydrogens (primary N) is 1. The van der Waals surface area contributed by atoms with Crippen molar-refractivity contribution >= 4 is 5.91 Å². The summed E-state index contributed by atoms with van der Waals surface area (Å²) < 4.78 is 5.36. The van der Waals surface area contributed by atoms with E-state index in [-0.39, 0.29) is 11.9 Å². The van der Waals surface area contributed by atoms with Crippen LogP contribution in [-0.4, -0.2) is 29.9 Å². The van der Waals surface area contributed by atoms with Crippen molar-refractivity contribution in [3.05, 3.63) is 23.7 Å². The number of hydrogen-bond acceptors (Lipinski definition) is 3. The predicted octanol–water partition coefficient (Wildman–Crippen LogP) is 2.43. The van der Waals surface area contributed by atoms with E-state index >= 15 is 0 Å². The molecule has 1 fully saturated rings. The van der Waals surface area contributed by atoms with E-state index in [9.17, 15) is 4.79 Å². The molecule has 4 heteroatoms. The van der Waals surface area contributed by atoms with Crippen LogP contribution in [0.4, 0.5) is 0 Å². The monoisotopic (exact) mass is 264 g/mol. The molecule has 1 aliphatic rings. The van der Waals surface area contributed by atoms with E-state index in [1.54, 1.807) is 12.3 Å². The molecule has 2 unspecified atom stereocenters. The first kappa shape index (κ1) is 14.1. The van der Waals surface area contributed by atoms with Crippen molar-refractivity contribution in [3.63, 3.8) is 0 Å². The number of carbonyl (C=O) groups is 1. The summed E-state index contributed by atoms with van der Waals surface area (Å²) in [5.74, 6) is 1.56. The highest BCUT2D eigenvalue weighted by Gasteiger charge is 2.31. The summed E-state index contributed by atoms with van der Waals surface area (Å²) >= 11 is 0. The first-order chi connectivity index (χ1) is 9.21. The van der Waals surface area contributed by atoms with Gasteiger partial charge in [0.1, 0.15) is 5.76 Å². The van der Waals surface area contributed by atoms with Crippen molar-refractivity contribution in [1.29, 1.82) is 0 Å². The smallest absolute Gasteiger partial charge is 0.257 e. The topological polar surface area (TPSA) is 59.5 Å². The Morgan fingerprint density at radius 1 is 1.53 bits per heavy atom. The maximum atomic E-state index is 12.6. The molecule has 0 saturated carbocycles. The second-order valence-electron chi connectivity index (χ2n) is 5.30. The molecule has 0 aliphatic carbocycles. The van der Waals surface area contributed by atoms with Crippen LogP contribution in [0.2, 0.25) is 0 Å². The fourth-order valence-electron chi connectivity index (χ4n) is 2.96. The third kappa shape index (κ3) is 2.84. The van der Waals surface area contributed by atoms with Crippen LogP contribution in [0.25, 0.3) is 0 Å². The quantitative estimate of drug-likeness (QED) is 0.908. The van der Waals surface area contributed by atoms with Gasteiger partial charge in [0.05, 0.1) is 11.8 Å². The van der Waals surface area contributed by atoms with Crippen LogP contribution < -0.4 is 5.73 Å². The molecule has 1 amide bonds. The van der Waals surface area contributed by atoms with Gasteiger partial charge in [-0.25, -0.2) is 0 Å². The van der Waals surface area contributed by atoms with Gasteiger partial charge in [-0.1, -0.05) is 20.3 Å². The highest BCUT2D eigenvalue weighted by molar-refractivity contribution is 5.95. The second-order valence-corrected chi connectivity index (χ2v) is 5.30. The lowest BCUT2D eigenvalue weighted by atomic mass is 9.88. The van der Waals surface area contributed by atoms with Crippen molar-refractivity contribution in [2.45, 2.75) is 45.6 Å². The lowest BCUT2D eigenvalue weighted by molar-refractivity contribution is 0.0556. The van der Waals surface area contributed by atoms with Gasteiger partial charge in [-0.3, -0.25) is 4.79 Å². The highest BCUT2D eigenvalue weighted by Crippen LogP contribution is 2.27. The number of carbonyl (C=O) groups excluding carboxylic acids is 1. The third-order valence-electron chi connectivity index (χ3n) is 4.23. The molecule has 2 atom stereocenters. The van der Waals surface area contributed by atoms with Gasteiger partial charge in [0, 0.05) is 25.6 Å². The summed E-state index contributed by atoms with van der Waals surface area (Å²) in [6, 6.07) is 1.95. The Balaban J connectivity index is 2.14. The molecule has 0 aromatic carbocycles. The minimum absolute atomic E-state index is 0.0793. The number of piperidine rings is 1. The van der Waals surface area contributed by atoms with Gasteiger partial charge in [0.15, 0.2) is 0 Å². The van der Waals surface area contributed by atoms with E-state index < -0.39 is 0 Å². The number of aryl methyl sites for hydroxylation is 1. The Hall–Kier alpha value is -1.29. The highest BCUT2D eigenvalue weighted by atomic mass is 16.3. The summed E-state index contributed by atoms with van der Waals surface area (Å²) in [5, 5.41) is 0. The van der Waals surface area contributed by atoms with Crippen molar-refractivity contribution in [3.8, 4) is 0 Å². The van der Waals surface area contributed by atoms with E-state index in [0.717, 1.165) is 31.6 Å². The van der Waals surface area contributed by atoms with Gasteiger partial charge < -0.3 is 15.1 Å². The molecule has 19 heavy (non-hydrogen) atoms. The van der Waals surface area contributed by atoms with Crippen molar-refractivity contribution in [2.24, 2.45) is 11.7 Å². The Kier molecular flexibility index (Phi) is 4.64. The number of nitrogens with zero attached hydrogens (tertiary/aromatic N) is 1.